The number of H-pyrrole nitrogens is 1. The molecule has 2 aromatic heterocycles. The molecule has 3 atom stereocenters. The summed E-state index contributed by atoms with van der Waals surface area (Å²) in [6, 6.07) is 9.48. The number of nitrogens with zero attached hydrogens (tertiary/aromatic N) is 2. The molecular formula is C23H32N4O. The van der Waals surface area contributed by atoms with Crippen LogP contribution in [0.5, 0.6) is 0 Å². The molecule has 5 nitrogen and oxygen atoms in total. The molecular weight excluding hydrogens is 348 g/mol. The normalized spacial score (nSPS) is 21.9. The zero-order valence-corrected chi connectivity index (χ0v) is 17.4. The van der Waals surface area contributed by atoms with Crippen molar-refractivity contribution in [1.82, 2.24) is 19.9 Å². The van der Waals surface area contributed by atoms with Gasteiger partial charge in [-0.15, -0.1) is 0 Å². The van der Waals surface area contributed by atoms with Gasteiger partial charge in [-0.1, -0.05) is 32.0 Å². The number of nitrogens with one attached hydrogen (secondary N) is 2. The van der Waals surface area contributed by atoms with Gasteiger partial charge in [0.1, 0.15) is 6.10 Å². The Morgan fingerprint density at radius 3 is 2.96 bits per heavy atom. The Kier molecular flexibility index (Phi) is 5.30. The molecule has 3 heterocycles. The van der Waals surface area contributed by atoms with Crippen LogP contribution < -0.4 is 5.32 Å². The molecule has 1 aliphatic heterocycles. The molecule has 3 aromatic rings. The molecule has 0 spiro atoms. The summed E-state index contributed by atoms with van der Waals surface area (Å²) in [6.07, 6.45) is 9.24. The van der Waals surface area contributed by atoms with Crippen molar-refractivity contribution < 1.29 is 4.74 Å². The number of rotatable bonds is 6. The van der Waals surface area contributed by atoms with Gasteiger partial charge in [-0.2, -0.15) is 0 Å². The predicted molar refractivity (Wildman–Crippen MR) is 113 cm³/mol. The summed E-state index contributed by atoms with van der Waals surface area (Å²) in [5, 5.41) is 5.21. The summed E-state index contributed by atoms with van der Waals surface area (Å²) >= 11 is 0. The first kappa shape index (κ1) is 19.2. The van der Waals surface area contributed by atoms with Gasteiger partial charge in [0.25, 0.3) is 0 Å². The van der Waals surface area contributed by atoms with Gasteiger partial charge in [-0.25, -0.2) is 4.98 Å². The van der Waals surface area contributed by atoms with E-state index >= 15 is 0 Å². The van der Waals surface area contributed by atoms with E-state index in [1.54, 1.807) is 0 Å². The van der Waals surface area contributed by atoms with Crippen LogP contribution in [0.2, 0.25) is 0 Å². The van der Waals surface area contributed by atoms with Crippen LogP contribution in [0, 0.1) is 0 Å². The van der Waals surface area contributed by atoms with Crippen molar-refractivity contribution in [2.45, 2.75) is 63.6 Å². The Bertz CT molecular complexity index is 925. The lowest BCUT2D eigenvalue weighted by Gasteiger charge is -2.35. The molecule has 4 rings (SSSR count). The molecule has 1 aliphatic rings. The number of hydrogen-bond acceptors (Lipinski definition) is 3. The fourth-order valence-electron chi connectivity index (χ4n) is 4.80. The lowest BCUT2D eigenvalue weighted by molar-refractivity contribution is -0.00577. The number of aryl methyl sites for hydroxylation is 1. The van der Waals surface area contributed by atoms with E-state index in [1.165, 1.54) is 22.2 Å². The molecule has 0 aliphatic carbocycles. The second kappa shape index (κ2) is 7.72. The highest BCUT2D eigenvalue weighted by Crippen LogP contribution is 2.34. The Morgan fingerprint density at radius 2 is 2.18 bits per heavy atom. The monoisotopic (exact) mass is 380 g/mol. The highest BCUT2D eigenvalue weighted by molar-refractivity contribution is 5.84. The summed E-state index contributed by atoms with van der Waals surface area (Å²) in [7, 11) is 2.04. The van der Waals surface area contributed by atoms with Crippen molar-refractivity contribution in [3.05, 3.63) is 54.2 Å². The van der Waals surface area contributed by atoms with Crippen LogP contribution in [-0.4, -0.2) is 33.2 Å². The predicted octanol–water partition coefficient (Wildman–Crippen LogP) is 4.47. The maximum Gasteiger partial charge on any atom is 0.100 e. The molecule has 28 heavy (non-hydrogen) atoms. The Labute approximate surface area is 167 Å². The Morgan fingerprint density at radius 1 is 1.36 bits per heavy atom. The number of ether oxygens (including phenoxy) is 1. The third-order valence-electron chi connectivity index (χ3n) is 6.12. The molecule has 5 heteroatoms. The summed E-state index contributed by atoms with van der Waals surface area (Å²) in [5.74, 6) is 0. The van der Waals surface area contributed by atoms with Gasteiger partial charge in [0.2, 0.25) is 0 Å². The summed E-state index contributed by atoms with van der Waals surface area (Å²) < 4.78 is 8.08. The van der Waals surface area contributed by atoms with Gasteiger partial charge >= 0.3 is 0 Å². The topological polar surface area (TPSA) is 54.9 Å². The van der Waals surface area contributed by atoms with Gasteiger partial charge in [0.15, 0.2) is 0 Å². The number of imidazole rings is 1. The molecule has 0 amide bonds. The number of fused-ring (bicyclic) bond motifs is 1. The molecule has 0 bridgehead atoms. The van der Waals surface area contributed by atoms with E-state index < -0.39 is 0 Å². The van der Waals surface area contributed by atoms with Gasteiger partial charge in [0, 0.05) is 42.8 Å². The molecule has 0 unspecified atom stereocenters. The molecule has 1 aromatic carbocycles. The second-order valence-corrected chi connectivity index (χ2v) is 8.91. The molecule has 1 fully saturated rings. The number of benzene rings is 1. The average Bonchev–Trinajstić information content (AvgIpc) is 3.27. The van der Waals surface area contributed by atoms with Crippen molar-refractivity contribution in [2.24, 2.45) is 7.05 Å². The third-order valence-corrected chi connectivity index (χ3v) is 6.12. The first-order valence-electron chi connectivity index (χ1n) is 10.3. The number of para-hydroxylation sites is 1. The maximum absolute atomic E-state index is 6.02. The zero-order chi connectivity index (χ0) is 19.7. The van der Waals surface area contributed by atoms with E-state index in [1.807, 2.05) is 19.6 Å². The molecule has 150 valence electrons. The highest BCUT2D eigenvalue weighted by atomic mass is 16.5. The number of aromatic amines is 1. The summed E-state index contributed by atoms with van der Waals surface area (Å²) in [6.45, 7) is 7.81. The minimum atomic E-state index is 0.0959. The van der Waals surface area contributed by atoms with Crippen LogP contribution in [-0.2, 0) is 17.2 Å². The third kappa shape index (κ3) is 3.87. The van der Waals surface area contributed by atoms with Crippen molar-refractivity contribution in [3.63, 3.8) is 0 Å². The van der Waals surface area contributed by atoms with Gasteiger partial charge < -0.3 is 19.6 Å². The van der Waals surface area contributed by atoms with Crippen LogP contribution in [0.25, 0.3) is 10.9 Å². The van der Waals surface area contributed by atoms with Crippen molar-refractivity contribution >= 4 is 10.9 Å². The van der Waals surface area contributed by atoms with Crippen molar-refractivity contribution in [1.29, 1.82) is 0 Å². The molecule has 1 saturated heterocycles. The minimum Gasteiger partial charge on any atom is -0.372 e. The Hall–Kier alpha value is -2.11. The average molecular weight is 381 g/mol. The maximum atomic E-state index is 6.02. The summed E-state index contributed by atoms with van der Waals surface area (Å²) in [5.41, 5.74) is 3.88. The van der Waals surface area contributed by atoms with Gasteiger partial charge in [0.05, 0.1) is 18.2 Å². The molecule has 2 N–H and O–H groups in total. The summed E-state index contributed by atoms with van der Waals surface area (Å²) in [4.78, 5) is 7.67. The van der Waals surface area contributed by atoms with E-state index in [4.69, 9.17) is 4.74 Å². The number of aromatic nitrogens is 3. The molecule has 0 radical (unpaired) electrons. The van der Waals surface area contributed by atoms with Crippen molar-refractivity contribution in [3.8, 4) is 0 Å². The van der Waals surface area contributed by atoms with E-state index in [-0.39, 0.29) is 11.5 Å². The minimum absolute atomic E-state index is 0.0959. The first-order valence-corrected chi connectivity index (χ1v) is 10.3. The van der Waals surface area contributed by atoms with E-state index in [0.29, 0.717) is 12.1 Å². The van der Waals surface area contributed by atoms with E-state index in [2.05, 4.69) is 71.1 Å². The number of hydrogen-bond donors (Lipinski definition) is 2. The van der Waals surface area contributed by atoms with Crippen LogP contribution in [0.1, 0.15) is 57.4 Å². The largest absolute Gasteiger partial charge is 0.372 e. The second-order valence-electron chi connectivity index (χ2n) is 8.91. The van der Waals surface area contributed by atoms with Crippen LogP contribution in [0.4, 0.5) is 0 Å². The van der Waals surface area contributed by atoms with E-state index in [9.17, 15) is 0 Å². The fraction of sp³-hybridized carbons (Fsp3) is 0.522. The fourth-order valence-corrected chi connectivity index (χ4v) is 4.80. The lowest BCUT2D eigenvalue weighted by Crippen LogP contribution is -2.43. The van der Waals surface area contributed by atoms with Gasteiger partial charge in [-0.05, 0) is 43.2 Å². The smallest absolute Gasteiger partial charge is 0.100 e. The van der Waals surface area contributed by atoms with Gasteiger partial charge in [-0.3, -0.25) is 0 Å². The van der Waals surface area contributed by atoms with Crippen molar-refractivity contribution in [2.75, 3.05) is 6.61 Å². The zero-order valence-electron chi connectivity index (χ0n) is 17.4. The first-order chi connectivity index (χ1) is 13.4. The van der Waals surface area contributed by atoms with Crippen LogP contribution >= 0.6 is 0 Å². The Balaban J connectivity index is 1.40. The lowest BCUT2D eigenvalue weighted by atomic mass is 9.79. The van der Waals surface area contributed by atoms with Crippen LogP contribution in [0.3, 0.4) is 0 Å². The van der Waals surface area contributed by atoms with E-state index in [0.717, 1.165) is 25.9 Å². The van der Waals surface area contributed by atoms with Crippen LogP contribution in [0.15, 0.2) is 43.0 Å². The quantitative estimate of drug-likeness (QED) is 0.663. The molecule has 0 saturated carbocycles. The highest BCUT2D eigenvalue weighted by Gasteiger charge is 2.30. The standard InChI is InChI=1S/C23H32N4O/c1-16(12-23(2,3)19-13-25-20-8-6-5-7-18(19)20)26-17-9-10-28-22(11-17)21-14-24-15-27(21)4/h5-8,13-17,22,25-26H,9-12H2,1-4H3/t16-,17+,22+/m1/s1. The SMILES string of the molecule is C[C@H](CC(C)(C)c1c[nH]c2ccccc12)N[C@H]1CCO[C@H](c2cncn2C)C1.